The molecular weight excluding hydrogens is 286 g/mol. The summed E-state index contributed by atoms with van der Waals surface area (Å²) in [5, 5.41) is 0. The van der Waals surface area contributed by atoms with Crippen LogP contribution in [0.15, 0.2) is 59.4 Å². The number of allylic oxidation sites excluding steroid dienone is 2. The van der Waals surface area contributed by atoms with Gasteiger partial charge in [0.05, 0.1) is 0 Å². The van der Waals surface area contributed by atoms with E-state index in [9.17, 15) is 0 Å². The van der Waals surface area contributed by atoms with Gasteiger partial charge >= 0.3 is 0 Å². The van der Waals surface area contributed by atoms with Crippen LogP contribution >= 0.6 is 0 Å². The average molecular weight is 313 g/mol. The molecule has 5 heteroatoms. The SMILES string of the molecule is C=C(/C=C(/CCc1ccccc1)N=C(N)N)N1CCN(C)CC1. The molecule has 1 heterocycles. The third-order valence-electron chi connectivity index (χ3n) is 4.03. The second-order valence-corrected chi connectivity index (χ2v) is 5.94. The van der Waals surface area contributed by atoms with Gasteiger partial charge in [-0.05, 0) is 31.5 Å². The first-order valence-electron chi connectivity index (χ1n) is 8.01. The summed E-state index contributed by atoms with van der Waals surface area (Å²) in [7, 11) is 2.14. The molecule has 1 saturated heterocycles. The van der Waals surface area contributed by atoms with E-state index >= 15 is 0 Å². The van der Waals surface area contributed by atoms with Gasteiger partial charge in [-0.25, -0.2) is 4.99 Å². The van der Waals surface area contributed by atoms with Gasteiger partial charge < -0.3 is 21.3 Å². The van der Waals surface area contributed by atoms with Gasteiger partial charge in [0.1, 0.15) is 0 Å². The molecule has 2 rings (SSSR count). The molecule has 1 aliphatic heterocycles. The molecule has 0 radical (unpaired) electrons. The zero-order valence-corrected chi connectivity index (χ0v) is 13.9. The number of guanidine groups is 1. The van der Waals surface area contributed by atoms with E-state index in [1.165, 1.54) is 5.56 Å². The van der Waals surface area contributed by atoms with Crippen LogP contribution in [0.2, 0.25) is 0 Å². The quantitative estimate of drug-likeness (QED) is 0.475. The standard InChI is InChI=1S/C18H27N5/c1-15(23-12-10-22(2)11-13-23)14-17(21-18(19)20)9-8-16-6-4-3-5-7-16/h3-7,14H,1,8-13H2,2H3,(H4,19,20,21)/b17-14-. The Kier molecular flexibility index (Phi) is 6.23. The summed E-state index contributed by atoms with van der Waals surface area (Å²) in [5.41, 5.74) is 14.3. The van der Waals surface area contributed by atoms with E-state index in [-0.39, 0.29) is 5.96 Å². The minimum absolute atomic E-state index is 0.0930. The third-order valence-corrected chi connectivity index (χ3v) is 4.03. The molecular formula is C18H27N5. The van der Waals surface area contributed by atoms with E-state index in [2.05, 4.69) is 40.6 Å². The first-order chi connectivity index (χ1) is 11.0. The molecule has 5 nitrogen and oxygen atoms in total. The highest BCUT2D eigenvalue weighted by atomic mass is 15.2. The minimum Gasteiger partial charge on any atom is -0.370 e. The first kappa shape index (κ1) is 17.1. The van der Waals surface area contributed by atoms with Gasteiger partial charge in [-0.2, -0.15) is 0 Å². The van der Waals surface area contributed by atoms with Crippen molar-refractivity contribution >= 4 is 5.96 Å². The zero-order chi connectivity index (χ0) is 16.7. The van der Waals surface area contributed by atoms with Crippen molar-refractivity contribution < 1.29 is 0 Å². The van der Waals surface area contributed by atoms with Gasteiger partial charge in [0.25, 0.3) is 0 Å². The highest BCUT2D eigenvalue weighted by Gasteiger charge is 2.14. The highest BCUT2D eigenvalue weighted by Crippen LogP contribution is 2.15. The second kappa shape index (κ2) is 8.39. The Hall–Kier alpha value is -2.27. The van der Waals surface area contributed by atoms with Crippen LogP contribution in [0.5, 0.6) is 0 Å². The molecule has 0 aliphatic carbocycles. The van der Waals surface area contributed by atoms with Gasteiger partial charge in [0.15, 0.2) is 5.96 Å². The summed E-state index contributed by atoms with van der Waals surface area (Å²) >= 11 is 0. The van der Waals surface area contributed by atoms with Crippen LogP contribution in [0.25, 0.3) is 0 Å². The predicted octanol–water partition coefficient (Wildman–Crippen LogP) is 1.54. The van der Waals surface area contributed by atoms with Crippen molar-refractivity contribution in [3.8, 4) is 0 Å². The molecule has 0 atom stereocenters. The summed E-state index contributed by atoms with van der Waals surface area (Å²) in [6, 6.07) is 10.3. The summed E-state index contributed by atoms with van der Waals surface area (Å²) < 4.78 is 0. The maximum atomic E-state index is 5.57. The maximum Gasteiger partial charge on any atom is 0.190 e. The number of rotatable bonds is 6. The van der Waals surface area contributed by atoms with Gasteiger partial charge in [0, 0.05) is 37.6 Å². The van der Waals surface area contributed by atoms with Crippen LogP contribution in [0.4, 0.5) is 0 Å². The van der Waals surface area contributed by atoms with Crippen molar-refractivity contribution in [3.05, 3.63) is 59.9 Å². The van der Waals surface area contributed by atoms with Crippen LogP contribution in [-0.4, -0.2) is 49.0 Å². The predicted molar refractivity (Wildman–Crippen MR) is 96.9 cm³/mol. The highest BCUT2D eigenvalue weighted by molar-refractivity contribution is 5.76. The van der Waals surface area contributed by atoms with Gasteiger partial charge in [-0.3, -0.25) is 0 Å². The molecule has 0 amide bonds. The number of aryl methyl sites for hydroxylation is 1. The Balaban J connectivity index is 2.02. The van der Waals surface area contributed by atoms with E-state index in [1.54, 1.807) is 0 Å². The van der Waals surface area contributed by atoms with Crippen molar-refractivity contribution in [2.75, 3.05) is 33.2 Å². The molecule has 1 aliphatic rings. The number of nitrogens with zero attached hydrogens (tertiary/aromatic N) is 3. The molecule has 124 valence electrons. The number of benzene rings is 1. The van der Waals surface area contributed by atoms with E-state index < -0.39 is 0 Å². The fourth-order valence-electron chi connectivity index (χ4n) is 2.62. The topological polar surface area (TPSA) is 70.9 Å². The molecule has 4 N–H and O–H groups in total. The van der Waals surface area contributed by atoms with Crippen molar-refractivity contribution in [1.82, 2.24) is 9.80 Å². The lowest BCUT2D eigenvalue weighted by atomic mass is 10.1. The fourth-order valence-corrected chi connectivity index (χ4v) is 2.62. The number of hydrogen-bond acceptors (Lipinski definition) is 3. The molecule has 1 fully saturated rings. The van der Waals surface area contributed by atoms with Crippen molar-refractivity contribution in [1.29, 1.82) is 0 Å². The van der Waals surface area contributed by atoms with Crippen LogP contribution in [0, 0.1) is 0 Å². The number of piperazine rings is 1. The Morgan fingerprint density at radius 3 is 2.43 bits per heavy atom. The molecule has 1 aromatic carbocycles. The normalized spacial score (nSPS) is 16.2. The van der Waals surface area contributed by atoms with Crippen molar-refractivity contribution in [2.24, 2.45) is 16.5 Å². The third kappa shape index (κ3) is 5.79. The van der Waals surface area contributed by atoms with Gasteiger partial charge in [-0.15, -0.1) is 0 Å². The van der Waals surface area contributed by atoms with Crippen LogP contribution in [0.3, 0.4) is 0 Å². The summed E-state index contributed by atoms with van der Waals surface area (Å²) in [6.45, 7) is 8.26. The minimum atomic E-state index is 0.0930. The fraction of sp³-hybridized carbons (Fsp3) is 0.389. The molecule has 23 heavy (non-hydrogen) atoms. The monoisotopic (exact) mass is 313 g/mol. The lowest BCUT2D eigenvalue weighted by molar-refractivity contribution is 0.190. The van der Waals surface area contributed by atoms with Crippen LogP contribution in [-0.2, 0) is 6.42 Å². The molecule has 0 unspecified atom stereocenters. The lowest BCUT2D eigenvalue weighted by Crippen LogP contribution is -2.43. The van der Waals surface area contributed by atoms with Crippen molar-refractivity contribution in [2.45, 2.75) is 12.8 Å². The molecule has 0 bridgehead atoms. The number of aliphatic imine (C=N–C) groups is 1. The van der Waals surface area contributed by atoms with Gasteiger partial charge in [-0.1, -0.05) is 36.9 Å². The van der Waals surface area contributed by atoms with Crippen LogP contribution < -0.4 is 11.5 Å². The lowest BCUT2D eigenvalue weighted by Gasteiger charge is -2.34. The number of hydrogen-bond donors (Lipinski definition) is 2. The average Bonchev–Trinajstić information content (AvgIpc) is 2.53. The Morgan fingerprint density at radius 2 is 1.83 bits per heavy atom. The molecule has 0 aromatic heterocycles. The Morgan fingerprint density at radius 1 is 1.17 bits per heavy atom. The summed E-state index contributed by atoms with van der Waals surface area (Å²) in [5.74, 6) is 0.0930. The molecule has 0 saturated carbocycles. The molecule has 1 aromatic rings. The largest absolute Gasteiger partial charge is 0.370 e. The number of likely N-dealkylation sites (N-methyl/N-ethyl adjacent to an activating group) is 1. The Bertz CT molecular complexity index is 564. The maximum absolute atomic E-state index is 5.57. The zero-order valence-electron chi connectivity index (χ0n) is 13.9. The second-order valence-electron chi connectivity index (χ2n) is 5.94. The summed E-state index contributed by atoms with van der Waals surface area (Å²) in [4.78, 5) is 8.88. The van der Waals surface area contributed by atoms with E-state index in [0.29, 0.717) is 0 Å². The van der Waals surface area contributed by atoms with Crippen molar-refractivity contribution in [3.63, 3.8) is 0 Å². The van der Waals surface area contributed by atoms with Gasteiger partial charge in [0.2, 0.25) is 0 Å². The van der Waals surface area contributed by atoms with Crippen LogP contribution in [0.1, 0.15) is 12.0 Å². The van der Waals surface area contributed by atoms with E-state index in [0.717, 1.165) is 50.4 Å². The molecule has 0 spiro atoms. The van der Waals surface area contributed by atoms with E-state index in [4.69, 9.17) is 11.5 Å². The van der Waals surface area contributed by atoms with E-state index in [1.807, 2.05) is 24.3 Å². The Labute approximate surface area is 139 Å². The number of nitrogens with two attached hydrogens (primary N) is 2. The smallest absolute Gasteiger partial charge is 0.190 e. The summed E-state index contributed by atoms with van der Waals surface area (Å²) in [6.07, 6.45) is 3.70. The first-order valence-corrected chi connectivity index (χ1v) is 8.01.